The van der Waals surface area contributed by atoms with Gasteiger partial charge in [-0.25, -0.2) is 0 Å². The number of hydrogen-bond acceptors (Lipinski definition) is 4. The number of anilines is 1. The molecule has 0 radical (unpaired) electrons. The standard InChI is InChI=1S/C8H11NO3/c1-3-4(2)9-5-6(10)8(12)7(5)11/h4,9-10H,3H2,1-2H3. The van der Waals surface area contributed by atoms with Gasteiger partial charge < -0.3 is 10.4 Å². The first kappa shape index (κ1) is 8.77. The molecule has 0 aliphatic rings. The van der Waals surface area contributed by atoms with Crippen molar-refractivity contribution in [2.75, 3.05) is 5.32 Å². The zero-order valence-corrected chi connectivity index (χ0v) is 7.05. The Kier molecular flexibility index (Phi) is 2.17. The summed E-state index contributed by atoms with van der Waals surface area (Å²) in [6.45, 7) is 3.82. The van der Waals surface area contributed by atoms with Gasteiger partial charge in [-0.1, -0.05) is 6.92 Å². The lowest BCUT2D eigenvalue weighted by atomic mass is 10.2. The van der Waals surface area contributed by atoms with Gasteiger partial charge in [0.05, 0.1) is 0 Å². The van der Waals surface area contributed by atoms with Crippen LogP contribution in [0.5, 0.6) is 5.75 Å². The maximum Gasteiger partial charge on any atom is 0.271 e. The SMILES string of the molecule is CCC(C)Nc1c(O)c(=O)c1=O. The summed E-state index contributed by atoms with van der Waals surface area (Å²) in [7, 11) is 0. The molecule has 0 amide bonds. The summed E-state index contributed by atoms with van der Waals surface area (Å²) in [4.78, 5) is 21.3. The number of aromatic hydroxyl groups is 1. The van der Waals surface area contributed by atoms with Crippen molar-refractivity contribution in [3.05, 3.63) is 20.4 Å². The van der Waals surface area contributed by atoms with Gasteiger partial charge in [0.1, 0.15) is 5.69 Å². The molecule has 0 fully saturated rings. The highest BCUT2D eigenvalue weighted by Crippen LogP contribution is 2.15. The Morgan fingerprint density at radius 1 is 1.42 bits per heavy atom. The molecule has 0 bridgehead atoms. The lowest BCUT2D eigenvalue weighted by Gasteiger charge is -2.13. The second kappa shape index (κ2) is 2.97. The summed E-state index contributed by atoms with van der Waals surface area (Å²) < 4.78 is 0. The minimum atomic E-state index is -0.791. The second-order valence-electron chi connectivity index (χ2n) is 2.84. The van der Waals surface area contributed by atoms with Crippen LogP contribution in [0.15, 0.2) is 9.59 Å². The Labute approximate surface area is 69.5 Å². The van der Waals surface area contributed by atoms with Crippen LogP contribution in [0.4, 0.5) is 5.69 Å². The first-order chi connectivity index (χ1) is 5.57. The van der Waals surface area contributed by atoms with Crippen LogP contribution in [0.3, 0.4) is 0 Å². The van der Waals surface area contributed by atoms with Gasteiger partial charge in [0.15, 0.2) is 5.75 Å². The fourth-order valence-electron chi connectivity index (χ4n) is 0.862. The zero-order chi connectivity index (χ0) is 9.30. The van der Waals surface area contributed by atoms with E-state index in [4.69, 9.17) is 5.11 Å². The number of nitrogens with one attached hydrogen (secondary N) is 1. The monoisotopic (exact) mass is 169 g/mol. The Balaban J connectivity index is 2.79. The molecular formula is C8H11NO3. The lowest BCUT2D eigenvalue weighted by Crippen LogP contribution is -2.35. The van der Waals surface area contributed by atoms with Crippen LogP contribution in [0.1, 0.15) is 20.3 Å². The summed E-state index contributed by atoms with van der Waals surface area (Å²) in [5.74, 6) is -0.430. The van der Waals surface area contributed by atoms with Crippen LogP contribution in [0.25, 0.3) is 0 Å². The molecule has 4 heteroatoms. The van der Waals surface area contributed by atoms with Gasteiger partial charge in [-0.15, -0.1) is 0 Å². The molecule has 0 saturated carbocycles. The van der Waals surface area contributed by atoms with Crippen LogP contribution < -0.4 is 16.2 Å². The van der Waals surface area contributed by atoms with E-state index in [1.807, 2.05) is 13.8 Å². The van der Waals surface area contributed by atoms with E-state index in [1.165, 1.54) is 0 Å². The predicted molar refractivity (Wildman–Crippen MR) is 46.4 cm³/mol. The van der Waals surface area contributed by atoms with E-state index in [-0.39, 0.29) is 11.7 Å². The first-order valence-electron chi connectivity index (χ1n) is 3.86. The molecule has 0 saturated heterocycles. The van der Waals surface area contributed by atoms with E-state index >= 15 is 0 Å². The third-order valence-corrected chi connectivity index (χ3v) is 1.89. The highest BCUT2D eigenvalue weighted by atomic mass is 16.3. The maximum atomic E-state index is 10.8. The third-order valence-electron chi connectivity index (χ3n) is 1.89. The van der Waals surface area contributed by atoms with Gasteiger partial charge >= 0.3 is 0 Å². The average Bonchev–Trinajstić information content (AvgIpc) is 2.11. The molecule has 12 heavy (non-hydrogen) atoms. The van der Waals surface area contributed by atoms with Gasteiger partial charge in [0.2, 0.25) is 0 Å². The molecule has 1 unspecified atom stereocenters. The summed E-state index contributed by atoms with van der Waals surface area (Å²) in [5.41, 5.74) is -1.34. The van der Waals surface area contributed by atoms with Crippen LogP contribution in [0, 0.1) is 0 Å². The molecule has 0 aromatic heterocycles. The van der Waals surface area contributed by atoms with E-state index in [0.29, 0.717) is 0 Å². The molecule has 4 nitrogen and oxygen atoms in total. The fraction of sp³-hybridized carbons (Fsp3) is 0.500. The summed E-state index contributed by atoms with van der Waals surface area (Å²) in [6, 6.07) is 0.0965. The van der Waals surface area contributed by atoms with E-state index in [0.717, 1.165) is 6.42 Å². The molecule has 0 heterocycles. The first-order valence-corrected chi connectivity index (χ1v) is 3.86. The molecule has 66 valence electrons. The lowest BCUT2D eigenvalue weighted by molar-refractivity contribution is 0.464. The van der Waals surface area contributed by atoms with Crippen molar-refractivity contribution in [3.8, 4) is 5.75 Å². The van der Waals surface area contributed by atoms with Crippen LogP contribution in [0.2, 0.25) is 0 Å². The van der Waals surface area contributed by atoms with E-state index < -0.39 is 16.6 Å². The summed E-state index contributed by atoms with van der Waals surface area (Å²) in [6.07, 6.45) is 0.832. The van der Waals surface area contributed by atoms with Crippen molar-refractivity contribution in [3.63, 3.8) is 0 Å². The van der Waals surface area contributed by atoms with Crippen molar-refractivity contribution in [1.82, 2.24) is 0 Å². The Bertz CT molecular complexity index is 349. The third kappa shape index (κ3) is 1.20. The Morgan fingerprint density at radius 2 is 2.00 bits per heavy atom. The van der Waals surface area contributed by atoms with Gasteiger partial charge in [0.25, 0.3) is 10.9 Å². The topological polar surface area (TPSA) is 66.4 Å². The van der Waals surface area contributed by atoms with Gasteiger partial charge in [-0.2, -0.15) is 0 Å². The van der Waals surface area contributed by atoms with Crippen LogP contribution >= 0.6 is 0 Å². The van der Waals surface area contributed by atoms with Crippen LogP contribution in [-0.4, -0.2) is 11.1 Å². The molecular weight excluding hydrogens is 158 g/mol. The highest BCUT2D eigenvalue weighted by molar-refractivity contribution is 5.61. The molecule has 1 atom stereocenters. The van der Waals surface area contributed by atoms with Gasteiger partial charge in [0, 0.05) is 6.04 Å². The van der Waals surface area contributed by atoms with E-state index in [9.17, 15) is 9.59 Å². The predicted octanol–water partition coefficient (Wildman–Crippen LogP) is 0.199. The molecule has 0 spiro atoms. The second-order valence-corrected chi connectivity index (χ2v) is 2.84. The number of rotatable bonds is 3. The van der Waals surface area contributed by atoms with Crippen molar-refractivity contribution >= 4 is 5.69 Å². The summed E-state index contributed by atoms with van der Waals surface area (Å²) >= 11 is 0. The van der Waals surface area contributed by atoms with Crippen molar-refractivity contribution in [1.29, 1.82) is 0 Å². The van der Waals surface area contributed by atoms with Gasteiger partial charge in [-0.3, -0.25) is 9.59 Å². The molecule has 0 aliphatic carbocycles. The average molecular weight is 169 g/mol. The van der Waals surface area contributed by atoms with E-state index in [2.05, 4.69) is 5.32 Å². The molecule has 1 aromatic rings. The maximum absolute atomic E-state index is 10.8. The number of hydrogen-bond donors (Lipinski definition) is 2. The summed E-state index contributed by atoms with van der Waals surface area (Å²) in [5, 5.41) is 11.7. The van der Waals surface area contributed by atoms with Crippen LogP contribution in [-0.2, 0) is 0 Å². The fourth-order valence-corrected chi connectivity index (χ4v) is 0.862. The van der Waals surface area contributed by atoms with Gasteiger partial charge in [-0.05, 0) is 13.3 Å². The van der Waals surface area contributed by atoms with Crippen molar-refractivity contribution < 1.29 is 5.11 Å². The zero-order valence-electron chi connectivity index (χ0n) is 7.05. The molecule has 1 rings (SSSR count). The minimum Gasteiger partial charge on any atom is -0.502 e. The van der Waals surface area contributed by atoms with Crippen molar-refractivity contribution in [2.24, 2.45) is 0 Å². The van der Waals surface area contributed by atoms with E-state index in [1.54, 1.807) is 0 Å². The van der Waals surface area contributed by atoms with Crippen molar-refractivity contribution in [2.45, 2.75) is 26.3 Å². The molecule has 1 aromatic carbocycles. The highest BCUT2D eigenvalue weighted by Gasteiger charge is 2.20. The molecule has 0 aliphatic heterocycles. The smallest absolute Gasteiger partial charge is 0.271 e. The molecule has 2 N–H and O–H groups in total. The largest absolute Gasteiger partial charge is 0.502 e. The minimum absolute atomic E-state index is 0.0642. The Morgan fingerprint density at radius 3 is 2.42 bits per heavy atom. The normalized spacial score (nSPS) is 13.2. The Hall–Kier alpha value is -1.32. The quantitative estimate of drug-likeness (QED) is 0.634.